The Morgan fingerprint density at radius 3 is 2.94 bits per heavy atom. The second kappa shape index (κ2) is 7.06. The van der Waals surface area contributed by atoms with E-state index in [1.165, 1.54) is 0 Å². The summed E-state index contributed by atoms with van der Waals surface area (Å²) in [5.74, 6) is 0.610. The van der Waals surface area contributed by atoms with Crippen molar-refractivity contribution in [1.29, 1.82) is 0 Å². The molecule has 0 spiro atoms. The lowest BCUT2D eigenvalue weighted by Crippen LogP contribution is -2.37. The number of methoxy groups -OCH3 is 1. The molecule has 0 fully saturated rings. The highest BCUT2D eigenvalue weighted by Gasteiger charge is 2.13. The van der Waals surface area contributed by atoms with Crippen LogP contribution in [0.3, 0.4) is 0 Å². The van der Waals surface area contributed by atoms with Crippen molar-refractivity contribution < 1.29 is 9.53 Å². The van der Waals surface area contributed by atoms with E-state index < -0.39 is 0 Å². The van der Waals surface area contributed by atoms with Gasteiger partial charge in [-0.05, 0) is 25.1 Å². The highest BCUT2D eigenvalue weighted by atomic mass is 79.9. The van der Waals surface area contributed by atoms with Crippen molar-refractivity contribution in [2.24, 2.45) is 0 Å². The van der Waals surface area contributed by atoms with Gasteiger partial charge in [0.05, 0.1) is 12.8 Å². The molecule has 0 saturated carbocycles. The molecule has 0 aliphatic carbocycles. The maximum Gasteiger partial charge on any atom is 0.242 e. The van der Waals surface area contributed by atoms with Crippen LogP contribution in [0.15, 0.2) is 35.3 Å². The fraction of sp³-hybridized carbons (Fsp3) is 0.308. The van der Waals surface area contributed by atoms with Gasteiger partial charge in [-0.15, -0.1) is 6.58 Å². The summed E-state index contributed by atoms with van der Waals surface area (Å²) in [7, 11) is 1.59. The minimum atomic E-state index is -0.354. The number of anilines is 1. The van der Waals surface area contributed by atoms with Gasteiger partial charge < -0.3 is 15.4 Å². The van der Waals surface area contributed by atoms with Crippen LogP contribution < -0.4 is 15.4 Å². The average Bonchev–Trinajstić information content (AvgIpc) is 2.36. The van der Waals surface area contributed by atoms with Crippen LogP contribution in [0.4, 0.5) is 5.69 Å². The number of hydrogen-bond acceptors (Lipinski definition) is 3. The molecule has 2 N–H and O–H groups in total. The van der Waals surface area contributed by atoms with Gasteiger partial charge in [0.25, 0.3) is 0 Å². The van der Waals surface area contributed by atoms with Crippen LogP contribution in [0.5, 0.6) is 5.75 Å². The van der Waals surface area contributed by atoms with E-state index in [2.05, 4.69) is 33.1 Å². The fourth-order valence-electron chi connectivity index (χ4n) is 1.42. The predicted octanol–water partition coefficient (Wildman–Crippen LogP) is 2.56. The van der Waals surface area contributed by atoms with Crippen LogP contribution in [-0.2, 0) is 4.79 Å². The zero-order valence-corrected chi connectivity index (χ0v) is 12.1. The summed E-state index contributed by atoms with van der Waals surface area (Å²) in [6, 6.07) is 5.23. The van der Waals surface area contributed by atoms with Crippen molar-refractivity contribution in [1.82, 2.24) is 5.32 Å². The molecule has 5 heteroatoms. The average molecular weight is 313 g/mol. The van der Waals surface area contributed by atoms with Crippen LogP contribution in [-0.4, -0.2) is 25.6 Å². The fourth-order valence-corrected chi connectivity index (χ4v) is 1.78. The Morgan fingerprint density at radius 2 is 2.33 bits per heavy atom. The smallest absolute Gasteiger partial charge is 0.242 e. The molecule has 1 amide bonds. The number of benzene rings is 1. The summed E-state index contributed by atoms with van der Waals surface area (Å²) in [5.41, 5.74) is 0.771. The summed E-state index contributed by atoms with van der Waals surface area (Å²) >= 11 is 3.39. The predicted molar refractivity (Wildman–Crippen MR) is 77.0 cm³/mol. The Hall–Kier alpha value is -1.49. The third kappa shape index (κ3) is 4.07. The largest absolute Gasteiger partial charge is 0.495 e. The molecule has 98 valence electrons. The summed E-state index contributed by atoms with van der Waals surface area (Å²) in [4.78, 5) is 11.7. The summed E-state index contributed by atoms with van der Waals surface area (Å²) < 4.78 is 6.15. The number of ether oxygens (including phenoxy) is 1. The number of nitrogens with one attached hydrogen (secondary N) is 2. The standard InChI is InChI=1S/C13H17BrN2O2/c1-4-7-15-13(17)9(2)16-11-8-10(14)5-6-12(11)18-3/h4-6,8-9,16H,1,7H2,2-3H3,(H,15,17). The first kappa shape index (κ1) is 14.6. The summed E-state index contributed by atoms with van der Waals surface area (Å²) in [6.45, 7) is 5.80. The van der Waals surface area contributed by atoms with Gasteiger partial charge in [0.15, 0.2) is 0 Å². The molecule has 0 bridgehead atoms. The first-order valence-electron chi connectivity index (χ1n) is 5.57. The molecule has 1 unspecified atom stereocenters. The highest BCUT2D eigenvalue weighted by Crippen LogP contribution is 2.28. The van der Waals surface area contributed by atoms with Gasteiger partial charge in [0, 0.05) is 11.0 Å². The molecule has 0 aromatic heterocycles. The Kier molecular flexibility index (Phi) is 5.71. The molecular formula is C13H17BrN2O2. The van der Waals surface area contributed by atoms with E-state index in [0.29, 0.717) is 12.3 Å². The van der Waals surface area contributed by atoms with Gasteiger partial charge in [-0.25, -0.2) is 0 Å². The normalized spacial score (nSPS) is 11.5. The zero-order valence-electron chi connectivity index (χ0n) is 10.5. The van der Waals surface area contributed by atoms with Gasteiger partial charge in [-0.3, -0.25) is 4.79 Å². The first-order valence-corrected chi connectivity index (χ1v) is 6.36. The molecule has 0 radical (unpaired) electrons. The lowest BCUT2D eigenvalue weighted by Gasteiger charge is -2.17. The van der Waals surface area contributed by atoms with Crippen molar-refractivity contribution in [2.75, 3.05) is 19.0 Å². The molecule has 0 heterocycles. The van der Waals surface area contributed by atoms with Crippen LogP contribution in [0.1, 0.15) is 6.92 Å². The molecule has 4 nitrogen and oxygen atoms in total. The van der Waals surface area contributed by atoms with Crippen molar-refractivity contribution in [3.05, 3.63) is 35.3 Å². The number of hydrogen-bond donors (Lipinski definition) is 2. The van der Waals surface area contributed by atoms with Crippen molar-refractivity contribution in [3.63, 3.8) is 0 Å². The molecule has 0 aliphatic rings. The molecule has 1 aromatic rings. The molecule has 1 rings (SSSR count). The number of rotatable bonds is 6. The molecule has 18 heavy (non-hydrogen) atoms. The van der Waals surface area contributed by atoms with Gasteiger partial charge in [-0.2, -0.15) is 0 Å². The second-order valence-electron chi connectivity index (χ2n) is 3.74. The maximum atomic E-state index is 11.7. The van der Waals surface area contributed by atoms with E-state index in [-0.39, 0.29) is 11.9 Å². The monoisotopic (exact) mass is 312 g/mol. The first-order chi connectivity index (χ1) is 8.58. The van der Waals surface area contributed by atoms with Crippen LogP contribution >= 0.6 is 15.9 Å². The maximum absolute atomic E-state index is 11.7. The molecule has 0 saturated heterocycles. The Morgan fingerprint density at radius 1 is 1.61 bits per heavy atom. The van der Waals surface area contributed by atoms with E-state index in [1.54, 1.807) is 20.1 Å². The van der Waals surface area contributed by atoms with Crippen LogP contribution in [0, 0.1) is 0 Å². The minimum Gasteiger partial charge on any atom is -0.495 e. The Labute approximate surface area is 116 Å². The van der Waals surface area contributed by atoms with Crippen molar-refractivity contribution in [2.45, 2.75) is 13.0 Å². The van der Waals surface area contributed by atoms with Crippen molar-refractivity contribution in [3.8, 4) is 5.75 Å². The van der Waals surface area contributed by atoms with E-state index in [9.17, 15) is 4.79 Å². The number of halogens is 1. The Bertz CT molecular complexity index is 435. The third-order valence-electron chi connectivity index (χ3n) is 2.35. The minimum absolute atomic E-state index is 0.0862. The second-order valence-corrected chi connectivity index (χ2v) is 4.66. The van der Waals surface area contributed by atoms with E-state index >= 15 is 0 Å². The topological polar surface area (TPSA) is 50.4 Å². The van der Waals surface area contributed by atoms with E-state index in [1.807, 2.05) is 18.2 Å². The molecule has 1 atom stereocenters. The summed E-state index contributed by atoms with van der Waals surface area (Å²) in [5, 5.41) is 5.84. The van der Waals surface area contributed by atoms with Crippen molar-refractivity contribution >= 4 is 27.5 Å². The molecule has 0 aliphatic heterocycles. The SMILES string of the molecule is C=CCNC(=O)C(C)Nc1cc(Br)ccc1OC. The third-order valence-corrected chi connectivity index (χ3v) is 2.84. The van der Waals surface area contributed by atoms with Crippen LogP contribution in [0.2, 0.25) is 0 Å². The molecular weight excluding hydrogens is 296 g/mol. The van der Waals surface area contributed by atoms with E-state index in [0.717, 1.165) is 10.2 Å². The Balaban J connectivity index is 2.74. The van der Waals surface area contributed by atoms with Gasteiger partial charge in [0.1, 0.15) is 11.8 Å². The van der Waals surface area contributed by atoms with Gasteiger partial charge in [-0.1, -0.05) is 22.0 Å². The number of amides is 1. The van der Waals surface area contributed by atoms with Gasteiger partial charge >= 0.3 is 0 Å². The van der Waals surface area contributed by atoms with Gasteiger partial charge in [0.2, 0.25) is 5.91 Å². The lowest BCUT2D eigenvalue weighted by molar-refractivity contribution is -0.121. The zero-order chi connectivity index (χ0) is 13.5. The highest BCUT2D eigenvalue weighted by molar-refractivity contribution is 9.10. The number of carbonyl (C=O) groups excluding carboxylic acids is 1. The van der Waals surface area contributed by atoms with E-state index in [4.69, 9.17) is 4.74 Å². The summed E-state index contributed by atoms with van der Waals surface area (Å²) in [6.07, 6.45) is 1.64. The number of carbonyl (C=O) groups is 1. The molecule has 1 aromatic carbocycles. The lowest BCUT2D eigenvalue weighted by atomic mass is 10.2. The quantitative estimate of drug-likeness (QED) is 0.794. The van der Waals surface area contributed by atoms with Crippen LogP contribution in [0.25, 0.3) is 0 Å².